The molecule has 2 N–H and O–H groups in total. The predicted molar refractivity (Wildman–Crippen MR) is 151 cm³/mol. The standard InChI is InChI=1S/C28H35ClN4O5S/c1-27(2,3)19-14-21(17-6-8-18(29)9-7-17)30-22-15-23(38-24(19)22)26(35)33-12-11-32(16-28(33,4)5)25(34)20-10-13-39(36,37)31-20/h6-9,14-15,20,26,31,35H,10-13,16H2,1-5H3/t20-,26?/m0/s1. The summed E-state index contributed by atoms with van der Waals surface area (Å²) >= 11 is 6.09. The second-order valence-corrected chi connectivity index (χ2v) is 14.4. The van der Waals surface area contributed by atoms with Crippen molar-refractivity contribution in [2.24, 2.45) is 0 Å². The normalized spacial score (nSPS) is 22.3. The van der Waals surface area contributed by atoms with Crippen molar-refractivity contribution in [3.05, 3.63) is 52.7 Å². The van der Waals surface area contributed by atoms with Crippen LogP contribution in [0.25, 0.3) is 22.4 Å². The highest BCUT2D eigenvalue weighted by molar-refractivity contribution is 7.89. The van der Waals surface area contributed by atoms with Gasteiger partial charge in [-0.2, -0.15) is 0 Å². The van der Waals surface area contributed by atoms with Crippen LogP contribution in [-0.4, -0.2) is 71.2 Å². The Labute approximate surface area is 234 Å². The van der Waals surface area contributed by atoms with Crippen LogP contribution in [0.15, 0.2) is 40.8 Å². The first kappa shape index (κ1) is 28.0. The number of nitrogens with zero attached hydrogens (tertiary/aromatic N) is 3. The minimum atomic E-state index is -3.39. The molecule has 2 aliphatic heterocycles. The average Bonchev–Trinajstić information content (AvgIpc) is 3.44. The molecule has 5 rings (SSSR count). The highest BCUT2D eigenvalue weighted by Gasteiger charge is 2.43. The molecule has 11 heteroatoms. The van der Waals surface area contributed by atoms with Crippen LogP contribution in [0.5, 0.6) is 0 Å². The average molecular weight is 575 g/mol. The summed E-state index contributed by atoms with van der Waals surface area (Å²) in [7, 11) is -3.39. The van der Waals surface area contributed by atoms with Crippen LogP contribution < -0.4 is 4.72 Å². The third-order valence-electron chi connectivity index (χ3n) is 7.57. The molecular formula is C28H35ClN4O5S. The van der Waals surface area contributed by atoms with E-state index in [0.29, 0.717) is 41.5 Å². The van der Waals surface area contributed by atoms with Gasteiger partial charge in [-0.3, -0.25) is 9.69 Å². The number of aromatic nitrogens is 1. The lowest BCUT2D eigenvalue weighted by atomic mass is 9.86. The minimum Gasteiger partial charge on any atom is -0.455 e. The van der Waals surface area contributed by atoms with Gasteiger partial charge in [0, 0.05) is 47.4 Å². The molecule has 210 valence electrons. The number of hydrogen-bond acceptors (Lipinski definition) is 7. The zero-order valence-corrected chi connectivity index (χ0v) is 24.4. The molecule has 0 aliphatic carbocycles. The van der Waals surface area contributed by atoms with E-state index in [1.807, 2.05) is 49.1 Å². The molecule has 1 unspecified atom stereocenters. The molecule has 39 heavy (non-hydrogen) atoms. The van der Waals surface area contributed by atoms with Crippen LogP contribution in [0.4, 0.5) is 0 Å². The van der Waals surface area contributed by atoms with E-state index < -0.39 is 27.8 Å². The molecule has 4 heterocycles. The topological polar surface area (TPSA) is 116 Å². The largest absolute Gasteiger partial charge is 0.455 e. The molecule has 2 atom stereocenters. The summed E-state index contributed by atoms with van der Waals surface area (Å²) in [6.07, 6.45) is -0.784. The number of rotatable bonds is 4. The number of nitrogens with one attached hydrogen (secondary N) is 1. The lowest BCUT2D eigenvalue weighted by Gasteiger charge is -2.48. The molecule has 9 nitrogen and oxygen atoms in total. The first-order valence-corrected chi connectivity index (χ1v) is 15.1. The Hall–Kier alpha value is -2.50. The Balaban J connectivity index is 1.42. The first-order valence-electron chi connectivity index (χ1n) is 13.1. The minimum absolute atomic E-state index is 0.0398. The van der Waals surface area contributed by atoms with Gasteiger partial charge in [0.15, 0.2) is 17.6 Å². The van der Waals surface area contributed by atoms with Crippen molar-refractivity contribution in [1.29, 1.82) is 0 Å². The van der Waals surface area contributed by atoms with E-state index in [9.17, 15) is 18.3 Å². The fourth-order valence-corrected chi connectivity index (χ4v) is 6.90. The summed E-state index contributed by atoms with van der Waals surface area (Å²) in [6.45, 7) is 11.3. The van der Waals surface area contributed by atoms with Crippen molar-refractivity contribution in [3.8, 4) is 11.3 Å². The number of carbonyl (C=O) groups excluding carboxylic acids is 1. The maximum Gasteiger partial charge on any atom is 0.240 e. The molecule has 0 bridgehead atoms. The smallest absolute Gasteiger partial charge is 0.240 e. The summed E-state index contributed by atoms with van der Waals surface area (Å²) in [4.78, 5) is 21.5. The van der Waals surface area contributed by atoms with Gasteiger partial charge in [0.1, 0.15) is 11.6 Å². The Bertz CT molecular complexity index is 1510. The lowest BCUT2D eigenvalue weighted by molar-refractivity contribution is -0.146. The fraction of sp³-hybridized carbons (Fsp3) is 0.500. The van der Waals surface area contributed by atoms with Crippen LogP contribution in [-0.2, 0) is 20.2 Å². The summed E-state index contributed by atoms with van der Waals surface area (Å²) in [5.41, 5.74) is 3.15. The Kier molecular flexibility index (Phi) is 7.08. The number of carbonyl (C=O) groups is 1. The molecule has 1 amide bonds. The number of aliphatic hydroxyl groups is 1. The molecule has 1 aromatic carbocycles. The number of hydrogen-bond donors (Lipinski definition) is 2. The molecule has 2 fully saturated rings. The van der Waals surface area contributed by atoms with E-state index in [1.54, 1.807) is 11.0 Å². The quantitative estimate of drug-likeness (QED) is 0.483. The number of furan rings is 1. The monoisotopic (exact) mass is 574 g/mol. The molecule has 2 aromatic heterocycles. The SMILES string of the molecule is CC(C)(C)c1cc(-c2ccc(Cl)cc2)nc2cc(C(O)N3CCN(C(=O)[C@@H]4CCS(=O)(=O)N4)CC3(C)C)oc12. The molecular weight excluding hydrogens is 540 g/mol. The number of piperazine rings is 1. The highest BCUT2D eigenvalue weighted by atomic mass is 35.5. The molecule has 0 radical (unpaired) electrons. The van der Waals surface area contributed by atoms with E-state index in [0.717, 1.165) is 16.8 Å². The summed E-state index contributed by atoms with van der Waals surface area (Å²) < 4.78 is 32.3. The highest BCUT2D eigenvalue weighted by Crippen LogP contribution is 2.38. The van der Waals surface area contributed by atoms with E-state index >= 15 is 0 Å². The van der Waals surface area contributed by atoms with E-state index in [2.05, 4.69) is 25.5 Å². The summed E-state index contributed by atoms with van der Waals surface area (Å²) in [5, 5.41) is 12.1. The number of aliphatic hydroxyl groups excluding tert-OH is 1. The van der Waals surface area contributed by atoms with Crippen LogP contribution in [0, 0.1) is 0 Å². The van der Waals surface area contributed by atoms with Gasteiger partial charge in [0.25, 0.3) is 0 Å². The van der Waals surface area contributed by atoms with Crippen molar-refractivity contribution in [3.63, 3.8) is 0 Å². The van der Waals surface area contributed by atoms with Crippen LogP contribution in [0.3, 0.4) is 0 Å². The second kappa shape index (κ2) is 9.85. The molecule has 2 saturated heterocycles. The van der Waals surface area contributed by atoms with Gasteiger partial charge in [0.05, 0.1) is 11.4 Å². The zero-order chi connectivity index (χ0) is 28.3. The van der Waals surface area contributed by atoms with Gasteiger partial charge in [-0.05, 0) is 43.9 Å². The van der Waals surface area contributed by atoms with Crippen molar-refractivity contribution in [2.45, 2.75) is 64.3 Å². The Morgan fingerprint density at radius 2 is 1.90 bits per heavy atom. The summed E-state index contributed by atoms with van der Waals surface area (Å²) in [5.74, 6) is 0.116. The van der Waals surface area contributed by atoms with Gasteiger partial charge in [-0.25, -0.2) is 18.1 Å². The Morgan fingerprint density at radius 1 is 1.21 bits per heavy atom. The van der Waals surface area contributed by atoms with Gasteiger partial charge >= 0.3 is 0 Å². The zero-order valence-electron chi connectivity index (χ0n) is 22.9. The van der Waals surface area contributed by atoms with Crippen molar-refractivity contribution >= 4 is 38.6 Å². The van der Waals surface area contributed by atoms with Gasteiger partial charge in [-0.1, -0.05) is 44.5 Å². The number of amides is 1. The van der Waals surface area contributed by atoms with Crippen LogP contribution >= 0.6 is 11.6 Å². The number of benzene rings is 1. The van der Waals surface area contributed by atoms with E-state index in [4.69, 9.17) is 21.0 Å². The number of pyridine rings is 1. The van der Waals surface area contributed by atoms with Crippen LogP contribution in [0.2, 0.25) is 5.02 Å². The van der Waals surface area contributed by atoms with Crippen molar-refractivity contribution in [2.75, 3.05) is 25.4 Å². The van der Waals surface area contributed by atoms with Gasteiger partial charge in [0.2, 0.25) is 15.9 Å². The first-order chi connectivity index (χ1) is 18.1. The molecule has 0 spiro atoms. The third-order valence-corrected chi connectivity index (χ3v) is 9.24. The molecule has 0 saturated carbocycles. The van der Waals surface area contributed by atoms with Gasteiger partial charge < -0.3 is 14.4 Å². The fourth-order valence-electron chi connectivity index (χ4n) is 5.46. The Morgan fingerprint density at radius 3 is 2.49 bits per heavy atom. The maximum atomic E-state index is 13.0. The van der Waals surface area contributed by atoms with E-state index in [-0.39, 0.29) is 23.5 Å². The van der Waals surface area contributed by atoms with Crippen LogP contribution in [0.1, 0.15) is 58.6 Å². The van der Waals surface area contributed by atoms with E-state index in [1.165, 1.54) is 0 Å². The number of fused-ring (bicyclic) bond motifs is 1. The third kappa shape index (κ3) is 5.58. The predicted octanol–water partition coefficient (Wildman–Crippen LogP) is 4.05. The van der Waals surface area contributed by atoms with Crippen molar-refractivity contribution in [1.82, 2.24) is 19.5 Å². The molecule has 2 aliphatic rings. The number of halogens is 1. The van der Waals surface area contributed by atoms with Gasteiger partial charge in [-0.15, -0.1) is 0 Å². The molecule has 3 aromatic rings. The number of sulfonamides is 1. The summed E-state index contributed by atoms with van der Waals surface area (Å²) in [6, 6.07) is 10.6. The maximum absolute atomic E-state index is 13.0. The lowest BCUT2D eigenvalue weighted by Crippen LogP contribution is -2.62. The van der Waals surface area contributed by atoms with Crippen molar-refractivity contribution < 1.29 is 22.7 Å². The second-order valence-electron chi connectivity index (χ2n) is 12.1.